The number of pyridine rings is 1. The van der Waals surface area contributed by atoms with Gasteiger partial charge in [-0.25, -0.2) is 0 Å². The molecule has 2 aromatic rings. The topological polar surface area (TPSA) is 12.9 Å². The van der Waals surface area contributed by atoms with Crippen LogP contribution in [0, 0.1) is 0 Å². The van der Waals surface area contributed by atoms with Gasteiger partial charge in [-0.15, -0.1) is 0 Å². The minimum Gasteiger partial charge on any atom is -0.256 e. The molecule has 0 spiro atoms. The SMILES string of the molecule is CCCC.c1ccc2ncccc2c1. The molecule has 0 unspecified atom stereocenters. The first-order valence-corrected chi connectivity index (χ1v) is 5.18. The van der Waals surface area contributed by atoms with E-state index in [1.165, 1.54) is 18.2 Å². The van der Waals surface area contributed by atoms with Gasteiger partial charge in [-0.2, -0.15) is 0 Å². The lowest BCUT2D eigenvalue weighted by Crippen LogP contribution is -1.73. The lowest BCUT2D eigenvalue weighted by Gasteiger charge is -1.91. The van der Waals surface area contributed by atoms with Crippen molar-refractivity contribution in [3.05, 3.63) is 42.6 Å². The minimum absolute atomic E-state index is 1.06. The third-order valence-electron chi connectivity index (χ3n) is 2.01. The molecule has 1 heterocycles. The summed E-state index contributed by atoms with van der Waals surface area (Å²) in [5, 5.41) is 1.20. The summed E-state index contributed by atoms with van der Waals surface area (Å²) < 4.78 is 0. The monoisotopic (exact) mass is 187 g/mol. The first-order chi connectivity index (χ1) is 6.88. The minimum atomic E-state index is 1.06. The summed E-state index contributed by atoms with van der Waals surface area (Å²) in [4.78, 5) is 4.18. The zero-order chi connectivity index (χ0) is 10.2. The Hall–Kier alpha value is -1.37. The van der Waals surface area contributed by atoms with Crippen molar-refractivity contribution in [3.8, 4) is 0 Å². The van der Waals surface area contributed by atoms with Crippen LogP contribution < -0.4 is 0 Å². The molecule has 0 radical (unpaired) electrons. The zero-order valence-electron chi connectivity index (χ0n) is 8.90. The third-order valence-corrected chi connectivity index (χ3v) is 2.01. The molecule has 0 aliphatic rings. The van der Waals surface area contributed by atoms with Crippen LogP contribution in [0.2, 0.25) is 0 Å². The van der Waals surface area contributed by atoms with Crippen molar-refractivity contribution in [2.75, 3.05) is 0 Å². The van der Waals surface area contributed by atoms with Crippen LogP contribution in [0.15, 0.2) is 42.6 Å². The van der Waals surface area contributed by atoms with Gasteiger partial charge < -0.3 is 0 Å². The average molecular weight is 187 g/mol. The van der Waals surface area contributed by atoms with Gasteiger partial charge in [-0.05, 0) is 12.1 Å². The maximum absolute atomic E-state index is 4.18. The van der Waals surface area contributed by atoms with Crippen LogP contribution in [0.4, 0.5) is 0 Å². The number of hydrogen-bond donors (Lipinski definition) is 0. The molecular weight excluding hydrogens is 170 g/mol. The van der Waals surface area contributed by atoms with Crippen molar-refractivity contribution in [3.63, 3.8) is 0 Å². The second-order valence-corrected chi connectivity index (χ2v) is 3.20. The van der Waals surface area contributed by atoms with Gasteiger partial charge in [-0.1, -0.05) is 51.0 Å². The second-order valence-electron chi connectivity index (χ2n) is 3.20. The van der Waals surface area contributed by atoms with E-state index in [0.29, 0.717) is 0 Å². The summed E-state index contributed by atoms with van der Waals surface area (Å²) in [6.07, 6.45) is 4.45. The van der Waals surface area contributed by atoms with Crippen LogP contribution >= 0.6 is 0 Å². The summed E-state index contributed by atoms with van der Waals surface area (Å²) >= 11 is 0. The van der Waals surface area contributed by atoms with Crippen LogP contribution in [0.5, 0.6) is 0 Å². The fourth-order valence-electron chi connectivity index (χ4n) is 1.02. The lowest BCUT2D eigenvalue weighted by molar-refractivity contribution is 0.886. The van der Waals surface area contributed by atoms with Crippen molar-refractivity contribution in [1.29, 1.82) is 0 Å². The van der Waals surface area contributed by atoms with E-state index < -0.39 is 0 Å². The Balaban J connectivity index is 0.000000213. The van der Waals surface area contributed by atoms with E-state index in [4.69, 9.17) is 0 Å². The summed E-state index contributed by atoms with van der Waals surface area (Å²) in [5.74, 6) is 0. The highest BCUT2D eigenvalue weighted by atomic mass is 14.6. The summed E-state index contributed by atoms with van der Waals surface area (Å²) in [5.41, 5.74) is 1.06. The normalized spacial score (nSPS) is 9.29. The third kappa shape index (κ3) is 3.17. The van der Waals surface area contributed by atoms with Gasteiger partial charge >= 0.3 is 0 Å². The highest BCUT2D eigenvalue weighted by Crippen LogP contribution is 2.07. The highest BCUT2D eigenvalue weighted by Gasteiger charge is 1.86. The fraction of sp³-hybridized carbons (Fsp3) is 0.308. The summed E-state index contributed by atoms with van der Waals surface area (Å²) in [7, 11) is 0. The van der Waals surface area contributed by atoms with Gasteiger partial charge in [0.05, 0.1) is 5.52 Å². The predicted molar refractivity (Wildman–Crippen MR) is 62.3 cm³/mol. The van der Waals surface area contributed by atoms with E-state index in [1.807, 2.05) is 30.5 Å². The Morgan fingerprint density at radius 1 is 0.929 bits per heavy atom. The lowest BCUT2D eigenvalue weighted by atomic mass is 10.2. The second kappa shape index (κ2) is 6.14. The number of fused-ring (bicyclic) bond motifs is 1. The molecule has 1 nitrogen and oxygen atoms in total. The molecule has 1 aromatic heterocycles. The van der Waals surface area contributed by atoms with E-state index in [2.05, 4.69) is 31.0 Å². The molecule has 0 aliphatic carbocycles. The molecule has 2 rings (SSSR count). The molecular formula is C13H17N. The number of benzene rings is 1. The number of unbranched alkanes of at least 4 members (excludes halogenated alkanes) is 1. The summed E-state index contributed by atoms with van der Waals surface area (Å²) in [6, 6.07) is 12.1. The van der Waals surface area contributed by atoms with Gasteiger partial charge in [0.25, 0.3) is 0 Å². The maximum Gasteiger partial charge on any atom is 0.0701 e. The van der Waals surface area contributed by atoms with Crippen LogP contribution in [0.3, 0.4) is 0 Å². The highest BCUT2D eigenvalue weighted by molar-refractivity contribution is 5.77. The van der Waals surface area contributed by atoms with Crippen LogP contribution in [0.25, 0.3) is 10.9 Å². The molecule has 0 amide bonds. The predicted octanol–water partition coefficient (Wildman–Crippen LogP) is 4.04. The van der Waals surface area contributed by atoms with E-state index in [1.54, 1.807) is 0 Å². The molecule has 0 saturated heterocycles. The van der Waals surface area contributed by atoms with Crippen LogP contribution in [-0.2, 0) is 0 Å². The first kappa shape index (κ1) is 10.7. The Morgan fingerprint density at radius 3 is 2.21 bits per heavy atom. The molecule has 0 N–H and O–H groups in total. The van der Waals surface area contributed by atoms with Crippen molar-refractivity contribution in [2.45, 2.75) is 26.7 Å². The number of nitrogens with zero attached hydrogens (tertiary/aromatic N) is 1. The summed E-state index contributed by atoms with van der Waals surface area (Å²) in [6.45, 7) is 4.36. The van der Waals surface area contributed by atoms with Gasteiger partial charge in [0.1, 0.15) is 0 Å². The molecule has 1 aromatic carbocycles. The molecule has 14 heavy (non-hydrogen) atoms. The number of rotatable bonds is 1. The quantitative estimate of drug-likeness (QED) is 0.656. The molecule has 0 saturated carbocycles. The Morgan fingerprint density at radius 2 is 1.57 bits per heavy atom. The van der Waals surface area contributed by atoms with Crippen molar-refractivity contribution in [2.24, 2.45) is 0 Å². The van der Waals surface area contributed by atoms with Crippen LogP contribution in [0.1, 0.15) is 26.7 Å². The molecule has 0 atom stereocenters. The van der Waals surface area contributed by atoms with Gasteiger partial charge in [-0.3, -0.25) is 4.98 Å². The Labute approximate surface area is 85.8 Å². The van der Waals surface area contributed by atoms with Gasteiger partial charge in [0, 0.05) is 11.6 Å². The van der Waals surface area contributed by atoms with E-state index in [-0.39, 0.29) is 0 Å². The number of hydrogen-bond acceptors (Lipinski definition) is 1. The smallest absolute Gasteiger partial charge is 0.0701 e. The Kier molecular flexibility index (Phi) is 4.70. The van der Waals surface area contributed by atoms with Crippen LogP contribution in [-0.4, -0.2) is 4.98 Å². The first-order valence-electron chi connectivity index (χ1n) is 5.18. The standard InChI is InChI=1S/C9H7N.C4H10/c1-2-6-9-8(4-1)5-3-7-10-9;1-3-4-2/h1-7H;3-4H2,1-2H3. The molecule has 74 valence electrons. The number of aromatic nitrogens is 1. The van der Waals surface area contributed by atoms with Crippen molar-refractivity contribution in [1.82, 2.24) is 4.98 Å². The largest absolute Gasteiger partial charge is 0.256 e. The molecule has 0 fully saturated rings. The van der Waals surface area contributed by atoms with Crippen molar-refractivity contribution >= 4 is 10.9 Å². The van der Waals surface area contributed by atoms with E-state index in [9.17, 15) is 0 Å². The maximum atomic E-state index is 4.18. The van der Waals surface area contributed by atoms with E-state index in [0.717, 1.165) is 5.52 Å². The van der Waals surface area contributed by atoms with Gasteiger partial charge in [0.15, 0.2) is 0 Å². The average Bonchev–Trinajstić information content (AvgIpc) is 2.30. The molecule has 0 bridgehead atoms. The Bertz CT molecular complexity index is 301. The van der Waals surface area contributed by atoms with E-state index >= 15 is 0 Å². The zero-order valence-corrected chi connectivity index (χ0v) is 8.90. The molecule has 1 heteroatoms. The van der Waals surface area contributed by atoms with Crippen molar-refractivity contribution < 1.29 is 0 Å². The molecule has 0 aliphatic heterocycles. The number of para-hydroxylation sites is 1. The van der Waals surface area contributed by atoms with Gasteiger partial charge in [0.2, 0.25) is 0 Å². The fourth-order valence-corrected chi connectivity index (χ4v) is 1.02.